The normalized spacial score (nSPS) is 15.9. The highest BCUT2D eigenvalue weighted by molar-refractivity contribution is 6.31. The predicted octanol–water partition coefficient (Wildman–Crippen LogP) is 5.56. The lowest BCUT2D eigenvalue weighted by atomic mass is 9.94. The van der Waals surface area contributed by atoms with Gasteiger partial charge >= 0.3 is 0 Å². The lowest BCUT2D eigenvalue weighted by Gasteiger charge is -2.28. The first-order valence-electron chi connectivity index (χ1n) is 12.5. The van der Waals surface area contributed by atoms with Crippen molar-refractivity contribution in [1.29, 1.82) is 5.26 Å². The van der Waals surface area contributed by atoms with Crippen LogP contribution >= 0.6 is 11.6 Å². The molecule has 1 saturated heterocycles. The zero-order valence-corrected chi connectivity index (χ0v) is 22.2. The van der Waals surface area contributed by atoms with Gasteiger partial charge in [-0.2, -0.15) is 5.26 Å². The molecule has 2 atom stereocenters. The van der Waals surface area contributed by atoms with Crippen molar-refractivity contribution in [2.24, 2.45) is 0 Å². The first kappa shape index (κ1) is 27.3. The van der Waals surface area contributed by atoms with Crippen molar-refractivity contribution in [2.75, 3.05) is 13.7 Å². The van der Waals surface area contributed by atoms with E-state index < -0.39 is 11.6 Å². The Hall–Kier alpha value is -3.73. The van der Waals surface area contributed by atoms with Crippen LogP contribution in [0.2, 0.25) is 5.02 Å². The molecule has 1 aromatic heterocycles. The van der Waals surface area contributed by atoms with Crippen LogP contribution in [-0.2, 0) is 16.0 Å². The summed E-state index contributed by atoms with van der Waals surface area (Å²) in [6, 6.07) is 14.5. The number of hydrogen-bond acceptors (Lipinski definition) is 6. The maximum absolute atomic E-state index is 13.7. The van der Waals surface area contributed by atoms with E-state index in [4.69, 9.17) is 21.1 Å². The number of aromatic nitrogens is 1. The Labute approximate surface area is 226 Å². The Bertz CT molecular complexity index is 1430. The number of Topliss-reactive ketones (excluding diaryl/α,β-unsaturated/α-hetero) is 2. The van der Waals surface area contributed by atoms with Crippen molar-refractivity contribution in [3.05, 3.63) is 86.8 Å². The first-order chi connectivity index (χ1) is 18.3. The molecule has 196 valence electrons. The molecule has 0 bridgehead atoms. The van der Waals surface area contributed by atoms with E-state index in [1.165, 1.54) is 30.9 Å². The van der Waals surface area contributed by atoms with E-state index in [2.05, 4.69) is 6.07 Å². The highest BCUT2D eigenvalue weighted by atomic mass is 35.5. The molecule has 0 N–H and O–H groups in total. The van der Waals surface area contributed by atoms with Gasteiger partial charge in [-0.15, -0.1) is 0 Å². The zero-order valence-electron chi connectivity index (χ0n) is 21.4. The smallest absolute Gasteiger partial charge is 0.252 e. The molecule has 2 unspecified atom stereocenters. The Morgan fingerprint density at radius 2 is 1.92 bits per heavy atom. The maximum atomic E-state index is 13.7. The maximum Gasteiger partial charge on any atom is 0.252 e. The number of hydrogen-bond donors (Lipinski definition) is 0. The van der Waals surface area contributed by atoms with Crippen LogP contribution in [0.4, 0.5) is 0 Å². The van der Waals surface area contributed by atoms with Crippen molar-refractivity contribution in [1.82, 2.24) is 4.57 Å². The average Bonchev–Trinajstić information content (AvgIpc) is 2.92. The molecule has 0 amide bonds. The number of benzene rings is 2. The first-order valence-corrected chi connectivity index (χ1v) is 12.9. The van der Waals surface area contributed by atoms with Crippen molar-refractivity contribution >= 4 is 23.2 Å². The van der Waals surface area contributed by atoms with Gasteiger partial charge in [0.15, 0.2) is 11.6 Å². The minimum atomic E-state index is -0.782. The molecular formula is C30H29ClN2O5. The van der Waals surface area contributed by atoms with Gasteiger partial charge < -0.3 is 14.0 Å². The molecule has 38 heavy (non-hydrogen) atoms. The number of rotatable bonds is 9. The van der Waals surface area contributed by atoms with Crippen LogP contribution < -0.4 is 10.3 Å². The molecule has 3 aromatic rings. The van der Waals surface area contributed by atoms with Gasteiger partial charge in [0.05, 0.1) is 37.1 Å². The van der Waals surface area contributed by atoms with Crippen molar-refractivity contribution < 1.29 is 19.1 Å². The minimum absolute atomic E-state index is 0.0480. The van der Waals surface area contributed by atoms with Gasteiger partial charge in [-0.1, -0.05) is 35.9 Å². The molecule has 1 fully saturated rings. The van der Waals surface area contributed by atoms with E-state index >= 15 is 0 Å². The SMILES string of the molecule is COc1cn(C(CC2CCCCO2)C(=O)Cc2ccc(C(C)=O)cc2)c(=O)cc1-c1cc(Cl)ccc1C#N. The summed E-state index contributed by atoms with van der Waals surface area (Å²) in [5, 5.41) is 10.0. The minimum Gasteiger partial charge on any atom is -0.495 e. The van der Waals surface area contributed by atoms with Crippen LogP contribution in [-0.4, -0.2) is 36.0 Å². The molecule has 2 aromatic carbocycles. The number of methoxy groups -OCH3 is 1. The van der Waals surface area contributed by atoms with Gasteiger partial charge in [0.2, 0.25) is 0 Å². The van der Waals surface area contributed by atoms with E-state index in [1.54, 1.807) is 42.5 Å². The summed E-state index contributed by atoms with van der Waals surface area (Å²) in [5.74, 6) is 0.150. The second-order valence-electron chi connectivity index (χ2n) is 9.44. The molecule has 0 radical (unpaired) electrons. The fraction of sp³-hybridized carbons (Fsp3) is 0.333. The zero-order chi connectivity index (χ0) is 27.2. The number of nitrogens with zero attached hydrogens (tertiary/aromatic N) is 2. The van der Waals surface area contributed by atoms with Gasteiger partial charge in [-0.05, 0) is 49.9 Å². The third-order valence-corrected chi connectivity index (χ3v) is 7.10. The summed E-state index contributed by atoms with van der Waals surface area (Å²) in [4.78, 5) is 38.8. The molecule has 0 saturated carbocycles. The Morgan fingerprint density at radius 1 is 1.16 bits per heavy atom. The fourth-order valence-corrected chi connectivity index (χ4v) is 4.97. The molecule has 7 nitrogen and oxygen atoms in total. The molecule has 4 rings (SSSR count). The molecule has 0 spiro atoms. The summed E-state index contributed by atoms with van der Waals surface area (Å²) >= 11 is 6.18. The third kappa shape index (κ3) is 6.21. The summed E-state index contributed by atoms with van der Waals surface area (Å²) < 4.78 is 12.9. The van der Waals surface area contributed by atoms with E-state index in [0.717, 1.165) is 24.8 Å². The Kier molecular flexibility index (Phi) is 8.77. The molecule has 0 aliphatic carbocycles. The predicted molar refractivity (Wildman–Crippen MR) is 145 cm³/mol. The number of carbonyl (C=O) groups is 2. The van der Waals surface area contributed by atoms with Gasteiger partial charge in [0.1, 0.15) is 5.75 Å². The summed E-state index contributed by atoms with van der Waals surface area (Å²) in [7, 11) is 1.47. The standard InChI is InChI=1S/C30H29ClN2O5/c1-19(34)21-8-6-20(7-9-21)13-28(35)27(15-24-5-3-4-12-38-24)33-18-29(37-2)26(16-30(33)36)25-14-23(31)11-10-22(25)17-32/h6-11,14,16,18,24,27H,3-5,12-13,15H2,1-2H3. The van der Waals surface area contributed by atoms with E-state index in [0.29, 0.717) is 46.1 Å². The number of ether oxygens (including phenoxy) is 2. The molecule has 1 aliphatic rings. The fourth-order valence-electron chi connectivity index (χ4n) is 4.80. The van der Waals surface area contributed by atoms with Crippen LogP contribution in [0.25, 0.3) is 11.1 Å². The van der Waals surface area contributed by atoms with Gasteiger partial charge in [-0.25, -0.2) is 0 Å². The highest BCUT2D eigenvalue weighted by Crippen LogP contribution is 2.34. The van der Waals surface area contributed by atoms with Crippen molar-refractivity contribution in [2.45, 2.75) is 51.2 Å². The van der Waals surface area contributed by atoms with Gasteiger partial charge in [0, 0.05) is 47.2 Å². The number of carbonyl (C=O) groups excluding carboxylic acids is 2. The lowest BCUT2D eigenvalue weighted by Crippen LogP contribution is -2.34. The van der Waals surface area contributed by atoms with Gasteiger partial charge in [-0.3, -0.25) is 14.4 Å². The number of ketones is 2. The van der Waals surface area contributed by atoms with Crippen LogP contribution in [0.3, 0.4) is 0 Å². The van der Waals surface area contributed by atoms with Crippen LogP contribution in [0.15, 0.2) is 59.5 Å². The molecule has 1 aliphatic heterocycles. The molecule has 8 heteroatoms. The molecular weight excluding hydrogens is 504 g/mol. The number of nitriles is 1. The number of pyridine rings is 1. The summed E-state index contributed by atoms with van der Waals surface area (Å²) in [6.45, 7) is 2.12. The van der Waals surface area contributed by atoms with E-state index in [1.807, 2.05) is 0 Å². The molecule has 2 heterocycles. The monoisotopic (exact) mass is 532 g/mol. The van der Waals surface area contributed by atoms with E-state index in [9.17, 15) is 19.6 Å². The third-order valence-electron chi connectivity index (χ3n) is 6.86. The summed E-state index contributed by atoms with van der Waals surface area (Å²) in [5.41, 5.74) is 2.18. The Balaban J connectivity index is 1.73. The topological polar surface area (TPSA) is 98.4 Å². The average molecular weight is 533 g/mol. The van der Waals surface area contributed by atoms with Gasteiger partial charge in [0.25, 0.3) is 5.56 Å². The van der Waals surface area contributed by atoms with E-state index in [-0.39, 0.29) is 24.1 Å². The highest BCUT2D eigenvalue weighted by Gasteiger charge is 2.28. The van der Waals surface area contributed by atoms with Crippen LogP contribution in [0.5, 0.6) is 5.75 Å². The number of halogens is 1. The summed E-state index contributed by atoms with van der Waals surface area (Å²) in [6.07, 6.45) is 4.63. The van der Waals surface area contributed by atoms with Crippen molar-refractivity contribution in [3.8, 4) is 22.9 Å². The largest absolute Gasteiger partial charge is 0.495 e. The lowest BCUT2D eigenvalue weighted by molar-refractivity contribution is -0.123. The van der Waals surface area contributed by atoms with Crippen molar-refractivity contribution in [3.63, 3.8) is 0 Å². The second kappa shape index (κ2) is 12.2. The Morgan fingerprint density at radius 3 is 2.55 bits per heavy atom. The van der Waals surface area contributed by atoms with Crippen LogP contribution in [0.1, 0.15) is 60.1 Å². The van der Waals surface area contributed by atoms with Crippen LogP contribution in [0, 0.1) is 11.3 Å². The second-order valence-corrected chi connectivity index (χ2v) is 9.88. The quantitative estimate of drug-likeness (QED) is 0.334.